The van der Waals surface area contributed by atoms with E-state index in [4.69, 9.17) is 14.2 Å². The van der Waals surface area contributed by atoms with Crippen molar-refractivity contribution in [2.24, 2.45) is 0 Å². The maximum atomic E-state index is 12.7. The Labute approximate surface area is 447 Å². The van der Waals surface area contributed by atoms with Crippen LogP contribution in [-0.2, 0) is 6.42 Å². The Bertz CT molecular complexity index is 3670. The lowest BCUT2D eigenvalue weighted by Crippen LogP contribution is -2.17. The van der Waals surface area contributed by atoms with E-state index in [1.807, 2.05) is 107 Å². The molecular formula is C57H34Br2N6O11. The molecule has 17 nitrogen and oxygen atoms in total. The number of fused-ring (bicyclic) bond motifs is 8. The first-order valence-corrected chi connectivity index (χ1v) is 24.7. The first-order chi connectivity index (χ1) is 36.8. The number of nitro groups is 4. The molecule has 3 aliphatic heterocycles. The molecule has 0 atom stereocenters. The van der Waals surface area contributed by atoms with Gasteiger partial charge in [0.15, 0.2) is 23.0 Å². The molecule has 0 saturated heterocycles. The van der Waals surface area contributed by atoms with Crippen molar-refractivity contribution in [1.82, 2.24) is 0 Å². The molecule has 0 spiro atoms. The van der Waals surface area contributed by atoms with E-state index < -0.39 is 19.7 Å². The molecule has 0 N–H and O–H groups in total. The van der Waals surface area contributed by atoms with E-state index in [2.05, 4.69) is 56.1 Å². The van der Waals surface area contributed by atoms with Crippen LogP contribution < -0.4 is 24.0 Å². The van der Waals surface area contributed by atoms with Crippen LogP contribution in [-0.4, -0.2) is 19.7 Å². The molecular weight excluding hydrogens is 1100 g/mol. The molecule has 0 fully saturated rings. The molecule has 13 rings (SSSR count). The second kappa shape index (κ2) is 19.9. The zero-order valence-electron chi connectivity index (χ0n) is 39.1. The summed E-state index contributed by atoms with van der Waals surface area (Å²) >= 11 is 6.23. The maximum Gasteiger partial charge on any atom is 0.279 e. The van der Waals surface area contributed by atoms with Crippen molar-refractivity contribution in [3.8, 4) is 34.5 Å². The summed E-state index contributed by atoms with van der Waals surface area (Å²) in [5.41, 5.74) is 5.06. The lowest BCUT2D eigenvalue weighted by molar-refractivity contribution is -0.384. The van der Waals surface area contributed by atoms with Crippen LogP contribution in [0.3, 0.4) is 0 Å². The zero-order chi connectivity index (χ0) is 52.8. The van der Waals surface area contributed by atoms with Crippen molar-refractivity contribution in [1.29, 1.82) is 0 Å². The molecule has 10 aromatic carbocycles. The maximum absolute atomic E-state index is 12.7. The number of nitro benzene ring substituents is 4. The molecule has 0 radical (unpaired) electrons. The van der Waals surface area contributed by atoms with Crippen LogP contribution in [0.2, 0.25) is 0 Å². The number of hydrogen-bond acceptors (Lipinski definition) is 13. The third-order valence-corrected chi connectivity index (χ3v) is 13.6. The molecule has 372 valence electrons. The average molecular weight is 1140 g/mol. The van der Waals surface area contributed by atoms with Crippen LogP contribution in [0.5, 0.6) is 34.5 Å². The minimum absolute atomic E-state index is 0.138. The van der Waals surface area contributed by atoms with Crippen molar-refractivity contribution in [2.75, 3.05) is 9.80 Å². The van der Waals surface area contributed by atoms with Crippen molar-refractivity contribution in [3.63, 3.8) is 0 Å². The fraction of sp³-hybridized carbons (Fsp3) is 0.0175. The van der Waals surface area contributed by atoms with Gasteiger partial charge in [-0.25, -0.2) is 0 Å². The van der Waals surface area contributed by atoms with Crippen LogP contribution in [0.15, 0.2) is 203 Å². The van der Waals surface area contributed by atoms with Crippen molar-refractivity contribution < 1.29 is 33.9 Å². The molecule has 0 amide bonds. The molecule has 3 aliphatic rings. The number of anilines is 6. The Morgan fingerprint density at radius 1 is 0.342 bits per heavy atom. The highest BCUT2D eigenvalue weighted by Gasteiger charge is 2.33. The SMILES string of the molecule is O=[N+]([O-])c1cc(Br)cc2c([N+](=O)[O-])cc(Br)cc12.O=[N+]([O-])c1cc(N2c3ccccc3Oc3ccccc32)cc2c([N+](=O)[O-])cc(N3c4ccccc4Oc4ccccc43)cc12.c1ccc2c(c1)Cc1ccccc1O2. The number of hydrogen-bond donors (Lipinski definition) is 0. The summed E-state index contributed by atoms with van der Waals surface area (Å²) in [6.07, 6.45) is 0.979. The topological polar surface area (TPSA) is 207 Å². The number of ether oxygens (including phenoxy) is 3. The first kappa shape index (κ1) is 48.5. The van der Waals surface area contributed by atoms with Crippen molar-refractivity contribution >= 4 is 110 Å². The molecule has 0 aromatic heterocycles. The average Bonchev–Trinajstić information content (AvgIpc) is 3.43. The summed E-state index contributed by atoms with van der Waals surface area (Å²) in [5, 5.41) is 48.0. The lowest BCUT2D eigenvalue weighted by Gasteiger charge is -2.33. The van der Waals surface area contributed by atoms with E-state index in [-0.39, 0.29) is 44.3 Å². The van der Waals surface area contributed by atoms with Gasteiger partial charge in [0.25, 0.3) is 22.7 Å². The summed E-state index contributed by atoms with van der Waals surface area (Å²) in [5.74, 6) is 4.22. The Morgan fingerprint density at radius 2 is 0.605 bits per heavy atom. The van der Waals surface area contributed by atoms with E-state index in [9.17, 15) is 40.5 Å². The number of nitrogens with zero attached hydrogens (tertiary/aromatic N) is 6. The summed E-state index contributed by atoms with van der Waals surface area (Å²) in [7, 11) is 0. The molecule has 0 unspecified atom stereocenters. The van der Waals surface area contributed by atoms with E-state index in [1.54, 1.807) is 36.4 Å². The monoisotopic (exact) mass is 1140 g/mol. The van der Waals surface area contributed by atoms with E-state index in [1.165, 1.54) is 47.5 Å². The van der Waals surface area contributed by atoms with Gasteiger partial charge in [0, 0.05) is 39.6 Å². The van der Waals surface area contributed by atoms with Crippen LogP contribution in [0.4, 0.5) is 56.9 Å². The fourth-order valence-electron chi connectivity index (χ4n) is 9.40. The third-order valence-electron chi connectivity index (χ3n) is 12.7. The van der Waals surface area contributed by atoms with Crippen LogP contribution in [0.1, 0.15) is 11.1 Å². The van der Waals surface area contributed by atoms with Crippen LogP contribution >= 0.6 is 31.9 Å². The first-order valence-electron chi connectivity index (χ1n) is 23.1. The standard InChI is InChI=1S/C34H20N4O6.C13H10O.C10H4Br2N2O4/c39-37(40)29-19-21(35-25-9-1-5-13-31(25)43-32-14-6-2-10-26(32)35)17-23-24(29)18-22(20-30(23)38(41)42)36-27-11-3-7-15-33(27)44-34-16-8-4-12-28(34)36;1-3-7-12-10(5-1)9-11-6-2-4-8-13(11)14-12;11-5-1-7-8(10(3-5)14(17)18)2-6(12)4-9(7)13(15)16/h1-20H;1-8H,9H2;1-4H. The van der Waals surface area contributed by atoms with Gasteiger partial charge in [0.05, 0.1) is 75.4 Å². The second-order valence-corrected chi connectivity index (χ2v) is 19.1. The molecule has 0 saturated carbocycles. The second-order valence-electron chi connectivity index (χ2n) is 17.2. The molecule has 19 heteroatoms. The van der Waals surface area contributed by atoms with E-state index >= 15 is 0 Å². The van der Waals surface area contributed by atoms with E-state index in [0.29, 0.717) is 66.1 Å². The largest absolute Gasteiger partial charge is 0.457 e. The Hall–Kier alpha value is -9.72. The van der Waals surface area contributed by atoms with Crippen LogP contribution in [0, 0.1) is 40.5 Å². The summed E-state index contributed by atoms with van der Waals surface area (Å²) < 4.78 is 18.8. The van der Waals surface area contributed by atoms with E-state index in [0.717, 1.165) is 17.9 Å². The minimum atomic E-state index is -0.566. The number of halogens is 2. The molecule has 76 heavy (non-hydrogen) atoms. The molecule has 10 aromatic rings. The number of non-ortho nitro benzene ring substituents is 4. The predicted molar refractivity (Wildman–Crippen MR) is 295 cm³/mol. The number of benzene rings is 10. The highest BCUT2D eigenvalue weighted by molar-refractivity contribution is 9.10. The third kappa shape index (κ3) is 9.09. The van der Waals surface area contributed by atoms with Gasteiger partial charge < -0.3 is 24.0 Å². The lowest BCUT2D eigenvalue weighted by atomic mass is 10.0. The molecule has 3 heterocycles. The normalized spacial score (nSPS) is 12.2. The Balaban J connectivity index is 0.000000156. The minimum Gasteiger partial charge on any atom is -0.457 e. The summed E-state index contributed by atoms with van der Waals surface area (Å²) in [6, 6.07) is 57.5. The molecule has 0 bridgehead atoms. The Morgan fingerprint density at radius 3 is 0.934 bits per heavy atom. The quantitative estimate of drug-likeness (QED) is 0.112. The van der Waals surface area contributed by atoms with Crippen molar-refractivity contribution in [2.45, 2.75) is 6.42 Å². The van der Waals surface area contributed by atoms with Gasteiger partial charge in [-0.15, -0.1) is 0 Å². The van der Waals surface area contributed by atoms with Crippen molar-refractivity contribution in [3.05, 3.63) is 255 Å². The van der Waals surface area contributed by atoms with Gasteiger partial charge in [-0.2, -0.15) is 0 Å². The zero-order valence-corrected chi connectivity index (χ0v) is 42.3. The highest BCUT2D eigenvalue weighted by atomic mass is 79.9. The van der Waals surface area contributed by atoms with Gasteiger partial charge in [-0.3, -0.25) is 40.5 Å². The predicted octanol–water partition coefficient (Wildman–Crippen LogP) is 17.4. The summed E-state index contributed by atoms with van der Waals surface area (Å²) in [6.45, 7) is 0. The number of para-hydroxylation sites is 10. The van der Waals surface area contributed by atoms with Gasteiger partial charge >= 0.3 is 0 Å². The highest BCUT2D eigenvalue weighted by Crippen LogP contribution is 2.55. The van der Waals surface area contributed by atoms with Gasteiger partial charge in [0.1, 0.15) is 11.5 Å². The number of rotatable bonds is 6. The van der Waals surface area contributed by atoms with Gasteiger partial charge in [0.2, 0.25) is 0 Å². The molecule has 0 aliphatic carbocycles. The fourth-order valence-corrected chi connectivity index (χ4v) is 10.3. The summed E-state index contributed by atoms with van der Waals surface area (Å²) in [4.78, 5) is 48.8. The van der Waals surface area contributed by atoms with Crippen LogP contribution in [0.25, 0.3) is 21.5 Å². The Kier molecular flexibility index (Phi) is 12.7. The van der Waals surface area contributed by atoms with Gasteiger partial charge in [-0.1, -0.05) is 117 Å². The van der Waals surface area contributed by atoms with Gasteiger partial charge in [-0.05, 0) is 96.1 Å². The smallest absolute Gasteiger partial charge is 0.279 e.